The summed E-state index contributed by atoms with van der Waals surface area (Å²) >= 11 is 0. The Morgan fingerprint density at radius 1 is 1.38 bits per heavy atom. The molecule has 6 nitrogen and oxygen atoms in total. The number of H-pyrrole nitrogens is 1. The topological polar surface area (TPSA) is 95.3 Å². The number of aromatic nitrogens is 2. The molecule has 0 aliphatic heterocycles. The minimum absolute atomic E-state index is 0.0137. The average Bonchev–Trinajstić information content (AvgIpc) is 2.21. The van der Waals surface area contributed by atoms with Gasteiger partial charge >= 0.3 is 5.69 Å². The lowest BCUT2D eigenvalue weighted by Crippen LogP contribution is -2.46. The Bertz CT molecular complexity index is 478. The summed E-state index contributed by atoms with van der Waals surface area (Å²) in [6, 6.07) is 1.15. The van der Waals surface area contributed by atoms with Crippen molar-refractivity contribution < 1.29 is 10.2 Å². The van der Waals surface area contributed by atoms with Crippen molar-refractivity contribution in [3.8, 4) is 0 Å². The minimum atomic E-state index is -0.465. The van der Waals surface area contributed by atoms with Crippen LogP contribution in [-0.2, 0) is 0 Å². The Labute approximate surface area is 91.2 Å². The zero-order valence-electron chi connectivity index (χ0n) is 8.67. The van der Waals surface area contributed by atoms with Crippen LogP contribution in [0, 0.1) is 11.8 Å². The first-order chi connectivity index (χ1) is 7.67. The van der Waals surface area contributed by atoms with Gasteiger partial charge in [0.25, 0.3) is 5.56 Å². The Kier molecular flexibility index (Phi) is 2.93. The third-order valence-corrected chi connectivity index (χ3v) is 3.30. The van der Waals surface area contributed by atoms with Gasteiger partial charge in [-0.1, -0.05) is 0 Å². The summed E-state index contributed by atoms with van der Waals surface area (Å²) in [5.74, 6) is -0.0811. The number of nitrogens with zero attached hydrogens (tertiary/aromatic N) is 1. The van der Waals surface area contributed by atoms with E-state index in [0.717, 1.165) is 0 Å². The molecule has 1 fully saturated rings. The first kappa shape index (κ1) is 11.1. The molecular formula is C10H14N2O4. The van der Waals surface area contributed by atoms with Crippen LogP contribution in [0.5, 0.6) is 0 Å². The second-order valence-corrected chi connectivity index (χ2v) is 4.11. The molecule has 3 atom stereocenters. The molecule has 16 heavy (non-hydrogen) atoms. The number of aliphatic hydroxyl groups excluding tert-OH is 2. The highest BCUT2D eigenvalue weighted by molar-refractivity contribution is 4.96. The molecule has 0 spiro atoms. The van der Waals surface area contributed by atoms with Gasteiger partial charge in [0.2, 0.25) is 0 Å². The van der Waals surface area contributed by atoms with Crippen LogP contribution >= 0.6 is 0 Å². The maximum Gasteiger partial charge on any atom is 0.328 e. The van der Waals surface area contributed by atoms with Crippen LogP contribution in [0.4, 0.5) is 0 Å². The summed E-state index contributed by atoms with van der Waals surface area (Å²) in [6.45, 7) is -0.0543. The summed E-state index contributed by atoms with van der Waals surface area (Å²) in [6.07, 6.45) is 2.08. The number of hydrogen-bond acceptors (Lipinski definition) is 4. The number of nitrogens with one attached hydrogen (secondary N) is 1. The molecule has 0 bridgehead atoms. The van der Waals surface area contributed by atoms with E-state index in [1.54, 1.807) is 0 Å². The van der Waals surface area contributed by atoms with Gasteiger partial charge in [-0.05, 0) is 12.3 Å². The van der Waals surface area contributed by atoms with Crippen LogP contribution in [0.1, 0.15) is 12.5 Å². The van der Waals surface area contributed by atoms with Gasteiger partial charge in [0, 0.05) is 37.4 Å². The molecule has 0 aromatic carbocycles. The smallest absolute Gasteiger partial charge is 0.328 e. The molecule has 0 amide bonds. The van der Waals surface area contributed by atoms with Gasteiger partial charge in [0.1, 0.15) is 0 Å². The van der Waals surface area contributed by atoms with E-state index < -0.39 is 11.2 Å². The molecule has 1 saturated carbocycles. The molecule has 0 radical (unpaired) electrons. The van der Waals surface area contributed by atoms with Gasteiger partial charge in [0.05, 0.1) is 0 Å². The second-order valence-electron chi connectivity index (χ2n) is 4.11. The highest BCUT2D eigenvalue weighted by Gasteiger charge is 2.41. The summed E-state index contributed by atoms with van der Waals surface area (Å²) in [5, 5.41) is 18.2. The predicted molar refractivity (Wildman–Crippen MR) is 56.1 cm³/mol. The van der Waals surface area contributed by atoms with Gasteiger partial charge in [-0.25, -0.2) is 4.79 Å². The molecule has 0 unspecified atom stereocenters. The fourth-order valence-electron chi connectivity index (χ4n) is 2.27. The van der Waals surface area contributed by atoms with Crippen LogP contribution in [0.15, 0.2) is 21.9 Å². The number of rotatable bonds is 3. The first-order valence-corrected chi connectivity index (χ1v) is 5.20. The van der Waals surface area contributed by atoms with Crippen LogP contribution in [-0.4, -0.2) is 33.0 Å². The number of hydrogen-bond donors (Lipinski definition) is 3. The van der Waals surface area contributed by atoms with Gasteiger partial charge in [-0.15, -0.1) is 0 Å². The lowest BCUT2D eigenvalue weighted by molar-refractivity contribution is -0.00874. The maximum atomic E-state index is 11.5. The van der Waals surface area contributed by atoms with Crippen molar-refractivity contribution in [3.05, 3.63) is 33.1 Å². The second kappa shape index (κ2) is 4.23. The molecule has 1 aromatic rings. The van der Waals surface area contributed by atoms with E-state index in [0.29, 0.717) is 6.42 Å². The van der Waals surface area contributed by atoms with E-state index in [1.165, 1.54) is 16.8 Å². The number of aromatic amines is 1. The third-order valence-electron chi connectivity index (χ3n) is 3.30. The first-order valence-electron chi connectivity index (χ1n) is 5.20. The predicted octanol–water partition coefficient (Wildman–Crippen LogP) is -1.30. The molecule has 0 saturated heterocycles. The SMILES string of the molecule is O=c1ccn([C@H]2C[C@@H](CO)[C@H]2CO)c(=O)[nH]1. The van der Waals surface area contributed by atoms with Crippen LogP contribution < -0.4 is 11.2 Å². The van der Waals surface area contributed by atoms with Gasteiger partial charge < -0.3 is 10.2 Å². The van der Waals surface area contributed by atoms with Crippen LogP contribution in [0.2, 0.25) is 0 Å². The maximum absolute atomic E-state index is 11.5. The summed E-state index contributed by atoms with van der Waals surface area (Å²) in [7, 11) is 0. The van der Waals surface area contributed by atoms with Crippen molar-refractivity contribution in [1.29, 1.82) is 0 Å². The Morgan fingerprint density at radius 3 is 2.69 bits per heavy atom. The van der Waals surface area contributed by atoms with E-state index in [-0.39, 0.29) is 31.1 Å². The standard InChI is InChI=1S/C10H14N2O4/c13-4-6-3-8(7(6)5-14)12-2-1-9(15)11-10(12)16/h1-2,6-8,13-14H,3-5H2,(H,11,15,16)/t6-,7+,8-/m0/s1. The van der Waals surface area contributed by atoms with Crippen LogP contribution in [0.3, 0.4) is 0 Å². The van der Waals surface area contributed by atoms with E-state index in [2.05, 4.69) is 4.98 Å². The van der Waals surface area contributed by atoms with Crippen molar-refractivity contribution in [2.45, 2.75) is 12.5 Å². The largest absolute Gasteiger partial charge is 0.396 e. The van der Waals surface area contributed by atoms with E-state index in [1.807, 2.05) is 0 Å². The molecule has 1 heterocycles. The van der Waals surface area contributed by atoms with Gasteiger partial charge in [0.15, 0.2) is 0 Å². The molecule has 1 aromatic heterocycles. The lowest BCUT2D eigenvalue weighted by atomic mass is 9.70. The quantitative estimate of drug-likeness (QED) is 0.597. The molecule has 88 valence electrons. The average molecular weight is 226 g/mol. The normalized spacial score (nSPS) is 28.8. The molecule has 1 aliphatic rings. The van der Waals surface area contributed by atoms with Crippen LogP contribution in [0.25, 0.3) is 0 Å². The molecule has 2 rings (SSSR count). The minimum Gasteiger partial charge on any atom is -0.396 e. The van der Waals surface area contributed by atoms with E-state index >= 15 is 0 Å². The zero-order valence-corrected chi connectivity index (χ0v) is 8.67. The molecule has 6 heteroatoms. The highest BCUT2D eigenvalue weighted by Crippen LogP contribution is 2.42. The lowest BCUT2D eigenvalue weighted by Gasteiger charge is -2.43. The monoisotopic (exact) mass is 226 g/mol. The highest BCUT2D eigenvalue weighted by atomic mass is 16.3. The molecular weight excluding hydrogens is 212 g/mol. The van der Waals surface area contributed by atoms with Crippen molar-refractivity contribution >= 4 is 0 Å². The Morgan fingerprint density at radius 2 is 2.12 bits per heavy atom. The fourth-order valence-corrected chi connectivity index (χ4v) is 2.27. The fraction of sp³-hybridized carbons (Fsp3) is 0.600. The Hall–Kier alpha value is -1.40. The number of aliphatic hydroxyl groups is 2. The van der Waals surface area contributed by atoms with Gasteiger partial charge in [-0.2, -0.15) is 0 Å². The molecule has 1 aliphatic carbocycles. The molecule has 3 N–H and O–H groups in total. The van der Waals surface area contributed by atoms with E-state index in [9.17, 15) is 9.59 Å². The van der Waals surface area contributed by atoms with Crippen molar-refractivity contribution in [1.82, 2.24) is 9.55 Å². The zero-order chi connectivity index (χ0) is 11.7. The van der Waals surface area contributed by atoms with Crippen molar-refractivity contribution in [3.63, 3.8) is 0 Å². The van der Waals surface area contributed by atoms with E-state index in [4.69, 9.17) is 10.2 Å². The summed E-state index contributed by atoms with van der Waals surface area (Å²) < 4.78 is 1.41. The Balaban J connectivity index is 2.26. The van der Waals surface area contributed by atoms with Gasteiger partial charge in [-0.3, -0.25) is 14.3 Å². The third kappa shape index (κ3) is 1.70. The summed E-state index contributed by atoms with van der Waals surface area (Å²) in [4.78, 5) is 24.6. The van der Waals surface area contributed by atoms with Crippen molar-refractivity contribution in [2.75, 3.05) is 13.2 Å². The van der Waals surface area contributed by atoms with Crippen molar-refractivity contribution in [2.24, 2.45) is 11.8 Å². The summed E-state index contributed by atoms with van der Waals surface area (Å²) in [5.41, 5.74) is -0.896.